The Morgan fingerprint density at radius 3 is 2.46 bits per heavy atom. The zero-order valence-corrected chi connectivity index (χ0v) is 14.5. The van der Waals surface area contributed by atoms with Gasteiger partial charge in [0.2, 0.25) is 0 Å². The van der Waals surface area contributed by atoms with Crippen LogP contribution in [-0.4, -0.2) is 26.4 Å². The van der Waals surface area contributed by atoms with Crippen molar-refractivity contribution in [2.24, 2.45) is 0 Å². The van der Waals surface area contributed by atoms with E-state index in [9.17, 15) is 31.5 Å². The van der Waals surface area contributed by atoms with Gasteiger partial charge in [0.1, 0.15) is 16.8 Å². The Kier molecular flexibility index (Phi) is 4.91. The van der Waals surface area contributed by atoms with Crippen molar-refractivity contribution in [2.45, 2.75) is 25.8 Å². The summed E-state index contributed by atoms with van der Waals surface area (Å²) >= 11 is 5.87. The van der Waals surface area contributed by atoms with Crippen molar-refractivity contribution in [2.75, 3.05) is 0 Å². The van der Waals surface area contributed by atoms with Gasteiger partial charge in [-0.05, 0) is 24.6 Å². The topological polar surface area (TPSA) is 92.8 Å². The third-order valence-corrected chi connectivity index (χ3v) is 4.18. The molecule has 0 radical (unpaired) electrons. The number of alkyl halides is 5. The largest absolute Gasteiger partial charge is 0.436 e. The van der Waals surface area contributed by atoms with Crippen LogP contribution >= 0.6 is 11.6 Å². The molecule has 0 fully saturated rings. The van der Waals surface area contributed by atoms with E-state index in [0.29, 0.717) is 0 Å². The number of H-pyrrole nitrogens is 2. The summed E-state index contributed by atoms with van der Waals surface area (Å²) in [5.41, 5.74) is -3.92. The zero-order chi connectivity index (χ0) is 20.8. The molecule has 0 aliphatic rings. The van der Waals surface area contributed by atoms with Gasteiger partial charge < -0.3 is 4.74 Å². The SMILES string of the molecule is C[C@@H](c1ccc(OC(F)F)c(Cl)c1)n1nc(C(F)(F)F)c2c(=O)[nH]c(=O)[nH]c21. The number of aromatic nitrogens is 4. The highest BCUT2D eigenvalue weighted by molar-refractivity contribution is 6.32. The molecule has 0 amide bonds. The summed E-state index contributed by atoms with van der Waals surface area (Å²) in [6.07, 6.45) is -4.96. The van der Waals surface area contributed by atoms with Gasteiger partial charge in [0, 0.05) is 0 Å². The van der Waals surface area contributed by atoms with Crippen LogP contribution in [0.25, 0.3) is 11.0 Å². The van der Waals surface area contributed by atoms with Gasteiger partial charge in [-0.1, -0.05) is 17.7 Å². The van der Waals surface area contributed by atoms with Crippen molar-refractivity contribution in [3.8, 4) is 5.75 Å². The smallest absolute Gasteiger partial charge is 0.433 e. The highest BCUT2D eigenvalue weighted by Crippen LogP contribution is 2.35. The molecule has 3 aromatic rings. The van der Waals surface area contributed by atoms with E-state index in [0.717, 1.165) is 10.7 Å². The Balaban J connectivity index is 2.17. The Morgan fingerprint density at radius 1 is 1.21 bits per heavy atom. The fourth-order valence-corrected chi connectivity index (χ4v) is 2.90. The third-order valence-electron chi connectivity index (χ3n) is 3.89. The van der Waals surface area contributed by atoms with E-state index in [-0.39, 0.29) is 16.3 Å². The van der Waals surface area contributed by atoms with Gasteiger partial charge in [0.05, 0.1) is 11.1 Å². The molecule has 1 atom stereocenters. The minimum atomic E-state index is -4.96. The van der Waals surface area contributed by atoms with Gasteiger partial charge in [0.25, 0.3) is 5.56 Å². The summed E-state index contributed by atoms with van der Waals surface area (Å²) in [6.45, 7) is -1.69. The number of nitrogens with zero attached hydrogens (tertiary/aromatic N) is 2. The second kappa shape index (κ2) is 6.93. The first-order valence-corrected chi connectivity index (χ1v) is 7.93. The molecule has 0 aliphatic carbocycles. The van der Waals surface area contributed by atoms with Crippen molar-refractivity contribution in [1.82, 2.24) is 19.7 Å². The van der Waals surface area contributed by atoms with E-state index in [1.54, 1.807) is 4.98 Å². The summed E-state index contributed by atoms with van der Waals surface area (Å²) in [7, 11) is 0. The molecule has 0 bridgehead atoms. The first-order chi connectivity index (χ1) is 13.0. The molecule has 2 aromatic heterocycles. The number of fused-ring (bicyclic) bond motifs is 1. The molecule has 2 heterocycles. The molecular formula is C15H10ClF5N4O3. The van der Waals surface area contributed by atoms with Crippen LogP contribution in [0.1, 0.15) is 24.2 Å². The van der Waals surface area contributed by atoms with Crippen molar-refractivity contribution in [1.29, 1.82) is 0 Å². The molecule has 0 spiro atoms. The number of benzene rings is 1. The maximum absolute atomic E-state index is 13.3. The van der Waals surface area contributed by atoms with Gasteiger partial charge >= 0.3 is 18.5 Å². The monoisotopic (exact) mass is 424 g/mol. The lowest BCUT2D eigenvalue weighted by Gasteiger charge is -2.15. The first-order valence-electron chi connectivity index (χ1n) is 7.55. The molecule has 28 heavy (non-hydrogen) atoms. The molecule has 1 aromatic carbocycles. The van der Waals surface area contributed by atoms with Crippen LogP contribution in [0.15, 0.2) is 27.8 Å². The summed E-state index contributed by atoms with van der Waals surface area (Å²) < 4.78 is 69.5. The van der Waals surface area contributed by atoms with Crippen molar-refractivity contribution >= 4 is 22.6 Å². The van der Waals surface area contributed by atoms with Gasteiger partial charge in [-0.3, -0.25) is 14.8 Å². The Morgan fingerprint density at radius 2 is 1.89 bits per heavy atom. The third kappa shape index (κ3) is 3.59. The van der Waals surface area contributed by atoms with Crippen molar-refractivity contribution < 1.29 is 26.7 Å². The predicted molar refractivity (Wildman–Crippen MR) is 87.9 cm³/mol. The number of hydrogen-bond donors (Lipinski definition) is 2. The van der Waals surface area contributed by atoms with E-state index >= 15 is 0 Å². The number of nitrogens with one attached hydrogen (secondary N) is 2. The molecule has 0 unspecified atom stereocenters. The van der Waals surface area contributed by atoms with Gasteiger partial charge in [-0.15, -0.1) is 0 Å². The van der Waals surface area contributed by atoms with Crippen molar-refractivity contribution in [3.63, 3.8) is 0 Å². The van der Waals surface area contributed by atoms with Crippen molar-refractivity contribution in [3.05, 3.63) is 55.3 Å². The average Bonchev–Trinajstić information content (AvgIpc) is 2.95. The highest BCUT2D eigenvalue weighted by Gasteiger charge is 2.39. The first kappa shape index (κ1) is 19.9. The molecule has 0 saturated heterocycles. The van der Waals surface area contributed by atoms with Crippen LogP contribution in [0.3, 0.4) is 0 Å². The van der Waals surface area contributed by atoms with E-state index in [1.807, 2.05) is 0 Å². The fourth-order valence-electron chi connectivity index (χ4n) is 2.66. The van der Waals surface area contributed by atoms with Crippen LogP contribution in [0.2, 0.25) is 5.02 Å². The molecule has 3 rings (SSSR count). The molecule has 7 nitrogen and oxygen atoms in total. The maximum Gasteiger partial charge on any atom is 0.436 e. The number of halogens is 6. The lowest BCUT2D eigenvalue weighted by molar-refractivity contribution is -0.140. The molecule has 0 aliphatic heterocycles. The van der Waals surface area contributed by atoms with E-state index in [1.165, 1.54) is 19.1 Å². The second-order valence-electron chi connectivity index (χ2n) is 5.67. The summed E-state index contributed by atoms with van der Waals surface area (Å²) in [5, 5.41) is 2.41. The molecule has 2 N–H and O–H groups in total. The number of aromatic amines is 2. The van der Waals surface area contributed by atoms with Crippen LogP contribution in [0, 0.1) is 0 Å². The normalized spacial score (nSPS) is 13.3. The van der Waals surface area contributed by atoms with Crippen LogP contribution in [0.4, 0.5) is 22.0 Å². The van der Waals surface area contributed by atoms with E-state index in [2.05, 4.69) is 14.8 Å². The van der Waals surface area contributed by atoms with Gasteiger partial charge in [-0.2, -0.15) is 27.1 Å². The van der Waals surface area contributed by atoms with Crippen LogP contribution in [-0.2, 0) is 6.18 Å². The fraction of sp³-hybridized carbons (Fsp3) is 0.267. The van der Waals surface area contributed by atoms with Crippen LogP contribution < -0.4 is 16.0 Å². The minimum Gasteiger partial charge on any atom is -0.433 e. The molecular weight excluding hydrogens is 415 g/mol. The summed E-state index contributed by atoms with van der Waals surface area (Å²) in [5.74, 6) is -0.321. The Labute approximate surface area is 156 Å². The van der Waals surface area contributed by atoms with Gasteiger partial charge in [0.15, 0.2) is 5.69 Å². The zero-order valence-electron chi connectivity index (χ0n) is 13.8. The lowest BCUT2D eigenvalue weighted by Crippen LogP contribution is -2.24. The quantitative estimate of drug-likeness (QED) is 0.629. The molecule has 0 saturated carbocycles. The van der Waals surface area contributed by atoms with Crippen LogP contribution in [0.5, 0.6) is 5.75 Å². The molecule has 150 valence electrons. The lowest BCUT2D eigenvalue weighted by atomic mass is 10.1. The number of hydrogen-bond acceptors (Lipinski definition) is 4. The Hall–Kier alpha value is -2.89. The van der Waals surface area contributed by atoms with E-state index in [4.69, 9.17) is 11.6 Å². The second-order valence-corrected chi connectivity index (χ2v) is 6.07. The standard InChI is InChI=1S/C15H10ClF5N4O3/c1-5(6-2-3-8(7(16)4-6)28-13(17)18)25-11-9(10(24-25)15(19,20)21)12(26)23-14(27)22-11/h2-5,13H,1H3,(H2,22,23,26,27)/t5-/m0/s1. The number of rotatable bonds is 4. The highest BCUT2D eigenvalue weighted by atomic mass is 35.5. The van der Waals surface area contributed by atoms with E-state index < -0.39 is 46.8 Å². The van der Waals surface area contributed by atoms with Gasteiger partial charge in [-0.25, -0.2) is 9.48 Å². The molecule has 13 heteroatoms. The summed E-state index contributed by atoms with van der Waals surface area (Å²) in [6, 6.07) is 2.66. The average molecular weight is 425 g/mol. The minimum absolute atomic E-state index is 0.205. The Bertz CT molecular complexity index is 1150. The summed E-state index contributed by atoms with van der Waals surface area (Å²) in [4.78, 5) is 27.3. The number of ether oxygens (including phenoxy) is 1. The maximum atomic E-state index is 13.3. The predicted octanol–water partition coefficient (Wildman–Crippen LogP) is 3.30.